The van der Waals surface area contributed by atoms with E-state index in [2.05, 4.69) is 20.1 Å². The maximum Gasteiger partial charge on any atom is 0.233 e. The standard InChI is InChI=1S/C9H7N5OS2/c10-9-12-5(3-16-9)1-7-13-8(14-15-7)6-2-11-4-17-6/h2-4H,1H2,(H2,10,12). The SMILES string of the molecule is Nc1nc(Cc2nc(-c3cncs3)no2)cs1. The molecule has 3 heterocycles. The average molecular weight is 265 g/mol. The van der Waals surface area contributed by atoms with Crippen molar-refractivity contribution in [3.8, 4) is 10.7 Å². The molecule has 0 aliphatic heterocycles. The first kappa shape index (κ1) is 10.4. The van der Waals surface area contributed by atoms with E-state index in [-0.39, 0.29) is 0 Å². The average Bonchev–Trinajstić information content (AvgIpc) is 3.00. The minimum absolute atomic E-state index is 0.500. The highest BCUT2D eigenvalue weighted by atomic mass is 32.1. The lowest BCUT2D eigenvalue weighted by atomic mass is 10.3. The summed E-state index contributed by atoms with van der Waals surface area (Å²) in [5.74, 6) is 1.09. The van der Waals surface area contributed by atoms with Gasteiger partial charge in [0.2, 0.25) is 11.7 Å². The quantitative estimate of drug-likeness (QED) is 0.776. The molecule has 0 spiro atoms. The van der Waals surface area contributed by atoms with E-state index in [1.807, 2.05) is 5.38 Å². The van der Waals surface area contributed by atoms with Crippen LogP contribution >= 0.6 is 22.7 Å². The largest absolute Gasteiger partial charge is 0.375 e. The van der Waals surface area contributed by atoms with Gasteiger partial charge in [-0.15, -0.1) is 22.7 Å². The number of anilines is 1. The number of rotatable bonds is 3. The number of aromatic nitrogens is 4. The lowest BCUT2D eigenvalue weighted by Crippen LogP contribution is -1.90. The molecule has 0 radical (unpaired) electrons. The third-order valence-corrected chi connectivity index (χ3v) is 3.51. The Bertz CT molecular complexity index is 615. The van der Waals surface area contributed by atoms with Gasteiger partial charge < -0.3 is 10.3 Å². The first-order valence-corrected chi connectivity index (χ1v) is 6.48. The minimum atomic E-state index is 0.500. The second kappa shape index (κ2) is 4.22. The summed E-state index contributed by atoms with van der Waals surface area (Å²) in [6.07, 6.45) is 2.21. The van der Waals surface area contributed by atoms with Crippen LogP contribution in [0.2, 0.25) is 0 Å². The van der Waals surface area contributed by atoms with Crippen molar-refractivity contribution in [1.82, 2.24) is 20.1 Å². The number of nitrogens with two attached hydrogens (primary N) is 1. The fourth-order valence-electron chi connectivity index (χ4n) is 1.31. The maximum atomic E-state index is 5.55. The predicted molar refractivity (Wildman–Crippen MR) is 64.7 cm³/mol. The molecule has 3 aromatic rings. The molecule has 0 unspecified atom stereocenters. The van der Waals surface area contributed by atoms with Crippen LogP contribution in [0.25, 0.3) is 10.7 Å². The van der Waals surface area contributed by atoms with E-state index in [0.717, 1.165) is 10.6 Å². The van der Waals surface area contributed by atoms with Gasteiger partial charge in [0.25, 0.3) is 0 Å². The van der Waals surface area contributed by atoms with Gasteiger partial charge in [-0.1, -0.05) is 5.16 Å². The van der Waals surface area contributed by atoms with Crippen LogP contribution in [0.3, 0.4) is 0 Å². The fraction of sp³-hybridized carbons (Fsp3) is 0.111. The van der Waals surface area contributed by atoms with Crippen LogP contribution in [0.5, 0.6) is 0 Å². The van der Waals surface area contributed by atoms with Crippen LogP contribution in [0.4, 0.5) is 5.13 Å². The molecular formula is C9H7N5OS2. The van der Waals surface area contributed by atoms with Crippen LogP contribution in [0, 0.1) is 0 Å². The predicted octanol–water partition coefficient (Wildman–Crippen LogP) is 1.82. The Hall–Kier alpha value is -1.80. The highest BCUT2D eigenvalue weighted by molar-refractivity contribution is 7.13. The fourth-order valence-corrected chi connectivity index (χ4v) is 2.42. The van der Waals surface area contributed by atoms with Crippen molar-refractivity contribution in [2.24, 2.45) is 0 Å². The van der Waals surface area contributed by atoms with Crippen LogP contribution in [0.15, 0.2) is 21.6 Å². The zero-order chi connectivity index (χ0) is 11.7. The Balaban J connectivity index is 1.81. The number of nitrogen functional groups attached to an aromatic ring is 1. The van der Waals surface area contributed by atoms with Gasteiger partial charge in [-0.05, 0) is 0 Å². The first-order valence-electron chi connectivity index (χ1n) is 4.72. The molecule has 0 saturated heterocycles. The van der Waals surface area contributed by atoms with Crippen LogP contribution in [0.1, 0.15) is 11.6 Å². The Morgan fingerprint density at radius 3 is 2.94 bits per heavy atom. The van der Waals surface area contributed by atoms with Crippen molar-refractivity contribution in [1.29, 1.82) is 0 Å². The molecule has 0 saturated carbocycles. The molecule has 0 bridgehead atoms. The number of hydrogen-bond acceptors (Lipinski definition) is 8. The van der Waals surface area contributed by atoms with Crippen LogP contribution in [-0.4, -0.2) is 20.1 Å². The van der Waals surface area contributed by atoms with Gasteiger partial charge in [0, 0.05) is 11.6 Å². The normalized spacial score (nSPS) is 10.8. The van der Waals surface area contributed by atoms with Crippen molar-refractivity contribution in [3.63, 3.8) is 0 Å². The zero-order valence-electron chi connectivity index (χ0n) is 8.53. The Labute approximate surface area is 104 Å². The summed E-state index contributed by atoms with van der Waals surface area (Å²) >= 11 is 2.87. The zero-order valence-corrected chi connectivity index (χ0v) is 10.2. The summed E-state index contributed by atoms with van der Waals surface area (Å²) in [4.78, 5) is 13.3. The Morgan fingerprint density at radius 2 is 2.24 bits per heavy atom. The number of nitrogens with zero attached hydrogens (tertiary/aromatic N) is 4. The number of thiazole rings is 2. The molecule has 3 rings (SSSR count). The summed E-state index contributed by atoms with van der Waals surface area (Å²) in [6.45, 7) is 0. The van der Waals surface area contributed by atoms with Crippen molar-refractivity contribution < 1.29 is 4.52 Å². The van der Waals surface area contributed by atoms with Crippen molar-refractivity contribution in [2.45, 2.75) is 6.42 Å². The summed E-state index contributed by atoms with van der Waals surface area (Å²) in [7, 11) is 0. The molecule has 8 heteroatoms. The summed E-state index contributed by atoms with van der Waals surface area (Å²) in [5.41, 5.74) is 8.12. The third kappa shape index (κ3) is 2.17. The first-order chi connectivity index (χ1) is 8.31. The maximum absolute atomic E-state index is 5.55. The van der Waals surface area contributed by atoms with E-state index >= 15 is 0 Å². The highest BCUT2D eigenvalue weighted by Crippen LogP contribution is 2.21. The number of hydrogen-bond donors (Lipinski definition) is 1. The summed E-state index contributed by atoms with van der Waals surface area (Å²) in [5, 5.41) is 6.31. The lowest BCUT2D eigenvalue weighted by Gasteiger charge is -1.87. The van der Waals surface area contributed by atoms with Gasteiger partial charge in [-0.3, -0.25) is 4.98 Å². The van der Waals surface area contributed by atoms with Crippen molar-refractivity contribution in [3.05, 3.63) is 28.7 Å². The van der Waals surface area contributed by atoms with Gasteiger partial charge in [-0.25, -0.2) is 4.98 Å². The minimum Gasteiger partial charge on any atom is -0.375 e. The third-order valence-electron chi connectivity index (χ3n) is 2.02. The Morgan fingerprint density at radius 1 is 1.29 bits per heavy atom. The second-order valence-corrected chi connectivity index (χ2v) is 5.01. The molecule has 17 heavy (non-hydrogen) atoms. The molecule has 0 atom stereocenters. The lowest BCUT2D eigenvalue weighted by molar-refractivity contribution is 0.385. The summed E-state index contributed by atoms with van der Waals surface area (Å²) in [6, 6.07) is 0. The van der Waals surface area contributed by atoms with E-state index in [0.29, 0.717) is 23.3 Å². The van der Waals surface area contributed by atoms with E-state index < -0.39 is 0 Å². The molecule has 6 nitrogen and oxygen atoms in total. The topological polar surface area (TPSA) is 90.7 Å². The molecule has 0 amide bonds. The molecule has 2 N–H and O–H groups in total. The molecule has 0 fully saturated rings. The molecule has 0 aromatic carbocycles. The Kier molecular flexibility index (Phi) is 2.57. The van der Waals surface area contributed by atoms with E-state index in [1.165, 1.54) is 22.7 Å². The van der Waals surface area contributed by atoms with Gasteiger partial charge >= 0.3 is 0 Å². The molecule has 0 aliphatic rings. The second-order valence-electron chi connectivity index (χ2n) is 3.23. The van der Waals surface area contributed by atoms with Gasteiger partial charge in [0.1, 0.15) is 0 Å². The van der Waals surface area contributed by atoms with Crippen LogP contribution < -0.4 is 5.73 Å². The van der Waals surface area contributed by atoms with E-state index in [4.69, 9.17) is 10.3 Å². The molecular weight excluding hydrogens is 258 g/mol. The van der Waals surface area contributed by atoms with Gasteiger partial charge in [0.15, 0.2) is 5.13 Å². The van der Waals surface area contributed by atoms with Gasteiger partial charge in [0.05, 0.1) is 22.5 Å². The van der Waals surface area contributed by atoms with Crippen molar-refractivity contribution >= 4 is 27.8 Å². The molecule has 86 valence electrons. The molecule has 3 aromatic heterocycles. The monoisotopic (exact) mass is 265 g/mol. The highest BCUT2D eigenvalue weighted by Gasteiger charge is 2.11. The van der Waals surface area contributed by atoms with E-state index in [1.54, 1.807) is 11.7 Å². The van der Waals surface area contributed by atoms with Gasteiger partial charge in [-0.2, -0.15) is 4.98 Å². The smallest absolute Gasteiger partial charge is 0.233 e. The molecule has 0 aliphatic carbocycles. The van der Waals surface area contributed by atoms with E-state index in [9.17, 15) is 0 Å². The summed E-state index contributed by atoms with van der Waals surface area (Å²) < 4.78 is 5.14. The van der Waals surface area contributed by atoms with Crippen LogP contribution in [-0.2, 0) is 6.42 Å². The van der Waals surface area contributed by atoms with Crippen molar-refractivity contribution in [2.75, 3.05) is 5.73 Å².